The van der Waals surface area contributed by atoms with Crippen molar-refractivity contribution in [3.8, 4) is 5.75 Å². The lowest BCUT2D eigenvalue weighted by molar-refractivity contribution is -0.122. The number of carbonyl (C=O) groups excluding carboxylic acids is 3. The van der Waals surface area contributed by atoms with Crippen LogP contribution in [0.5, 0.6) is 5.75 Å². The van der Waals surface area contributed by atoms with Gasteiger partial charge in [0.05, 0.1) is 23.1 Å². The fourth-order valence-corrected chi connectivity index (χ4v) is 4.05. The minimum Gasteiger partial charge on any atom is -0.423 e. The van der Waals surface area contributed by atoms with Crippen molar-refractivity contribution in [1.82, 2.24) is 0 Å². The lowest BCUT2D eigenvalue weighted by atomic mass is 9.78. The van der Waals surface area contributed by atoms with E-state index in [-0.39, 0.29) is 29.6 Å². The molecule has 0 unspecified atom stereocenters. The zero-order valence-electron chi connectivity index (χ0n) is 15.8. The number of benzene rings is 2. The molecule has 1 saturated heterocycles. The predicted molar refractivity (Wildman–Crippen MR) is 105 cm³/mol. The zero-order chi connectivity index (χ0) is 19.8. The van der Waals surface area contributed by atoms with Gasteiger partial charge in [-0.15, -0.1) is 0 Å². The summed E-state index contributed by atoms with van der Waals surface area (Å²) in [5, 5.41) is 0. The lowest BCUT2D eigenvalue weighted by Crippen LogP contribution is -2.31. The highest BCUT2D eigenvalue weighted by Crippen LogP contribution is 2.40. The molecular formula is C23H21NO4. The van der Waals surface area contributed by atoms with Crippen LogP contribution in [0.2, 0.25) is 0 Å². The van der Waals surface area contributed by atoms with Crippen LogP contribution in [-0.4, -0.2) is 17.8 Å². The van der Waals surface area contributed by atoms with Gasteiger partial charge < -0.3 is 4.74 Å². The first-order valence-electron chi connectivity index (χ1n) is 9.39. The molecule has 1 aliphatic heterocycles. The number of imide groups is 1. The third-order valence-electron chi connectivity index (χ3n) is 5.52. The van der Waals surface area contributed by atoms with Gasteiger partial charge in [-0.2, -0.15) is 0 Å². The monoisotopic (exact) mass is 375 g/mol. The number of ether oxygens (including phenoxy) is 1. The third-order valence-corrected chi connectivity index (χ3v) is 5.52. The van der Waals surface area contributed by atoms with Gasteiger partial charge in [-0.3, -0.25) is 9.59 Å². The summed E-state index contributed by atoms with van der Waals surface area (Å²) in [5.41, 5.74) is 1.73. The Bertz CT molecular complexity index is 994. The van der Waals surface area contributed by atoms with Crippen molar-refractivity contribution in [3.05, 3.63) is 71.8 Å². The van der Waals surface area contributed by atoms with Gasteiger partial charge in [-0.1, -0.05) is 43.3 Å². The lowest BCUT2D eigenvalue weighted by Gasteiger charge is -2.22. The Morgan fingerprint density at radius 3 is 2.61 bits per heavy atom. The molecule has 2 aromatic rings. The fourth-order valence-electron chi connectivity index (χ4n) is 4.05. The summed E-state index contributed by atoms with van der Waals surface area (Å²) in [5.74, 6) is -1.15. The Kier molecular flexibility index (Phi) is 4.59. The second-order valence-corrected chi connectivity index (χ2v) is 7.37. The summed E-state index contributed by atoms with van der Waals surface area (Å²) < 4.78 is 5.49. The highest BCUT2D eigenvalue weighted by Gasteiger charge is 2.50. The van der Waals surface area contributed by atoms with Crippen LogP contribution in [0.1, 0.15) is 29.3 Å². The number of anilines is 1. The fraction of sp³-hybridized carbons (Fsp3) is 0.261. The minimum atomic E-state index is -0.471. The smallest absolute Gasteiger partial charge is 0.343 e. The van der Waals surface area contributed by atoms with Crippen LogP contribution in [0.15, 0.2) is 60.7 Å². The van der Waals surface area contributed by atoms with E-state index in [2.05, 4.69) is 0 Å². The Morgan fingerprint density at radius 2 is 1.86 bits per heavy atom. The molecule has 0 saturated carbocycles. The molecule has 0 N–H and O–H groups in total. The molecule has 1 fully saturated rings. The molecular weight excluding hydrogens is 354 g/mol. The Balaban J connectivity index is 1.59. The van der Waals surface area contributed by atoms with Crippen molar-refractivity contribution in [2.24, 2.45) is 17.8 Å². The molecule has 28 heavy (non-hydrogen) atoms. The van der Waals surface area contributed by atoms with E-state index in [0.29, 0.717) is 23.4 Å². The van der Waals surface area contributed by atoms with Crippen molar-refractivity contribution in [2.75, 3.05) is 4.90 Å². The Hall–Kier alpha value is -3.21. The van der Waals surface area contributed by atoms with Crippen molar-refractivity contribution in [3.63, 3.8) is 0 Å². The summed E-state index contributed by atoms with van der Waals surface area (Å²) in [6, 6.07) is 13.8. The molecule has 2 aliphatic rings. The van der Waals surface area contributed by atoms with Gasteiger partial charge in [0.2, 0.25) is 11.8 Å². The number of esters is 1. The maximum Gasteiger partial charge on any atom is 0.343 e. The molecule has 3 atom stereocenters. The first-order chi connectivity index (χ1) is 13.5. The van der Waals surface area contributed by atoms with E-state index in [1.807, 2.05) is 38.1 Å². The van der Waals surface area contributed by atoms with Crippen molar-refractivity contribution in [2.45, 2.75) is 20.3 Å². The van der Waals surface area contributed by atoms with Crippen LogP contribution in [0.25, 0.3) is 0 Å². The average Bonchev–Trinajstić information content (AvgIpc) is 2.94. The van der Waals surface area contributed by atoms with Crippen LogP contribution in [-0.2, 0) is 9.59 Å². The first-order valence-corrected chi connectivity index (χ1v) is 9.39. The molecule has 0 aromatic heterocycles. The standard InChI is InChI=1S/C23H21NO4/c1-14-7-3-4-11-18(14)23(27)28-17-10-6-9-16(13-17)24-21(25)19-12-5-8-15(2)20(19)22(24)26/h3-11,13,15,19-20H,12H2,1-2H3/t15-,19+,20+/m0/s1. The first kappa shape index (κ1) is 18.2. The SMILES string of the molecule is Cc1ccccc1C(=O)Oc1cccc(N2C(=O)[C@@H]3[C@@H](C)C=CC[C@H]3C2=O)c1. The maximum absolute atomic E-state index is 12.9. The van der Waals surface area contributed by atoms with Gasteiger partial charge in [-0.25, -0.2) is 9.69 Å². The predicted octanol–water partition coefficient (Wildman–Crippen LogP) is 3.92. The molecule has 4 rings (SSSR count). The van der Waals surface area contributed by atoms with Crippen LogP contribution in [0, 0.1) is 24.7 Å². The molecule has 1 heterocycles. The van der Waals surface area contributed by atoms with E-state index in [0.717, 1.165) is 5.56 Å². The number of nitrogens with zero attached hydrogens (tertiary/aromatic N) is 1. The summed E-state index contributed by atoms with van der Waals surface area (Å²) in [6.07, 6.45) is 4.55. The molecule has 5 nitrogen and oxygen atoms in total. The van der Waals surface area contributed by atoms with Gasteiger partial charge in [-0.05, 0) is 43.0 Å². The number of carbonyl (C=O) groups is 3. The van der Waals surface area contributed by atoms with Gasteiger partial charge in [0.25, 0.3) is 0 Å². The highest BCUT2D eigenvalue weighted by molar-refractivity contribution is 6.22. The molecule has 5 heteroatoms. The molecule has 2 aromatic carbocycles. The molecule has 142 valence electrons. The van der Waals surface area contributed by atoms with Gasteiger partial charge in [0, 0.05) is 6.07 Å². The summed E-state index contributed by atoms with van der Waals surface area (Å²) in [4.78, 5) is 39.5. The molecule has 0 radical (unpaired) electrons. The second kappa shape index (κ2) is 7.08. The molecule has 1 aliphatic carbocycles. The third kappa shape index (κ3) is 3.03. The quantitative estimate of drug-likeness (QED) is 0.353. The van der Waals surface area contributed by atoms with Gasteiger partial charge >= 0.3 is 5.97 Å². The van der Waals surface area contributed by atoms with Crippen LogP contribution >= 0.6 is 0 Å². The van der Waals surface area contributed by atoms with Crippen LogP contribution < -0.4 is 9.64 Å². The van der Waals surface area contributed by atoms with Gasteiger partial charge in [0.1, 0.15) is 5.75 Å². The summed E-state index contributed by atoms with van der Waals surface area (Å²) in [7, 11) is 0. The number of amides is 2. The number of fused-ring (bicyclic) bond motifs is 1. The molecule has 2 amide bonds. The number of rotatable bonds is 3. The largest absolute Gasteiger partial charge is 0.423 e. The van der Waals surface area contributed by atoms with E-state index >= 15 is 0 Å². The normalized spacial score (nSPS) is 23.6. The van der Waals surface area contributed by atoms with Crippen LogP contribution in [0.4, 0.5) is 5.69 Å². The number of hydrogen-bond acceptors (Lipinski definition) is 4. The van der Waals surface area contributed by atoms with E-state index in [1.54, 1.807) is 36.4 Å². The number of aryl methyl sites for hydroxylation is 1. The van der Waals surface area contributed by atoms with E-state index in [4.69, 9.17) is 4.74 Å². The topological polar surface area (TPSA) is 63.7 Å². The van der Waals surface area contributed by atoms with Crippen molar-refractivity contribution in [1.29, 1.82) is 0 Å². The summed E-state index contributed by atoms with van der Waals surface area (Å²) in [6.45, 7) is 3.80. The summed E-state index contributed by atoms with van der Waals surface area (Å²) >= 11 is 0. The van der Waals surface area contributed by atoms with E-state index in [1.165, 1.54) is 4.90 Å². The highest BCUT2D eigenvalue weighted by atomic mass is 16.5. The minimum absolute atomic E-state index is 0.0299. The molecule has 0 spiro atoms. The Morgan fingerprint density at radius 1 is 1.07 bits per heavy atom. The molecule has 0 bridgehead atoms. The second-order valence-electron chi connectivity index (χ2n) is 7.37. The van der Waals surface area contributed by atoms with Gasteiger partial charge in [0.15, 0.2) is 0 Å². The zero-order valence-corrected chi connectivity index (χ0v) is 15.8. The number of allylic oxidation sites excluding steroid dienone is 2. The maximum atomic E-state index is 12.9. The number of hydrogen-bond donors (Lipinski definition) is 0. The van der Waals surface area contributed by atoms with Crippen molar-refractivity contribution < 1.29 is 19.1 Å². The van der Waals surface area contributed by atoms with E-state index in [9.17, 15) is 14.4 Å². The van der Waals surface area contributed by atoms with Crippen LogP contribution in [0.3, 0.4) is 0 Å². The Labute approximate surface area is 163 Å². The van der Waals surface area contributed by atoms with Crippen molar-refractivity contribution >= 4 is 23.5 Å². The van der Waals surface area contributed by atoms with E-state index < -0.39 is 5.97 Å². The average molecular weight is 375 g/mol.